The Morgan fingerprint density at radius 3 is 2.36 bits per heavy atom. The van der Waals surface area contributed by atoms with Crippen LogP contribution in [-0.4, -0.2) is 30.9 Å². The molecule has 0 bridgehead atoms. The lowest BCUT2D eigenvalue weighted by Crippen LogP contribution is -2.32. The average Bonchev–Trinajstić information content (AvgIpc) is 2.70. The van der Waals surface area contributed by atoms with E-state index in [-0.39, 0.29) is 18.4 Å². The van der Waals surface area contributed by atoms with Crippen LogP contribution in [0.5, 0.6) is 5.75 Å². The first-order valence-corrected chi connectivity index (χ1v) is 9.24. The maximum Gasteiger partial charge on any atom is 0.344 e. The molecule has 0 aliphatic rings. The quantitative estimate of drug-likeness (QED) is 0.509. The van der Waals surface area contributed by atoms with Crippen molar-refractivity contribution in [3.8, 4) is 5.75 Å². The number of ether oxygens (including phenoxy) is 2. The maximum atomic E-state index is 11.9. The Kier molecular flexibility index (Phi) is 8.02. The normalized spacial score (nSPS) is 11.4. The average molecular weight is 404 g/mol. The van der Waals surface area contributed by atoms with Gasteiger partial charge in [0.1, 0.15) is 5.75 Å². The maximum absolute atomic E-state index is 11.9. The van der Waals surface area contributed by atoms with Crippen molar-refractivity contribution in [1.82, 2.24) is 5.32 Å². The van der Waals surface area contributed by atoms with Gasteiger partial charge in [0.2, 0.25) is 0 Å². The molecule has 1 N–H and O–H groups in total. The molecule has 0 fully saturated rings. The number of esters is 1. The van der Waals surface area contributed by atoms with Crippen molar-refractivity contribution < 1.29 is 23.9 Å². The summed E-state index contributed by atoms with van der Waals surface area (Å²) in [5, 5.41) is 3.26. The molecule has 2 aromatic carbocycles. The van der Waals surface area contributed by atoms with Crippen molar-refractivity contribution in [2.75, 3.05) is 13.2 Å². The molecular weight excluding hydrogens is 382 g/mol. The number of nitrogens with one attached hydrogen (secondary N) is 1. The molecule has 0 unspecified atom stereocenters. The first-order chi connectivity index (χ1) is 13.4. The molecule has 0 aliphatic heterocycles. The smallest absolute Gasteiger partial charge is 0.344 e. The van der Waals surface area contributed by atoms with Gasteiger partial charge in [-0.1, -0.05) is 36.7 Å². The Labute approximate surface area is 168 Å². The van der Waals surface area contributed by atoms with E-state index in [9.17, 15) is 14.4 Å². The molecular formula is C21H22ClNO5. The summed E-state index contributed by atoms with van der Waals surface area (Å²) in [6.45, 7) is 2.82. The van der Waals surface area contributed by atoms with E-state index in [4.69, 9.17) is 21.1 Å². The number of hydrogen-bond acceptors (Lipinski definition) is 5. The second kappa shape index (κ2) is 10.5. The fourth-order valence-corrected chi connectivity index (χ4v) is 2.76. The van der Waals surface area contributed by atoms with E-state index < -0.39 is 18.5 Å². The summed E-state index contributed by atoms with van der Waals surface area (Å²) in [5.41, 5.74) is 1.36. The number of Topliss-reactive ketones (excluding diaryl/α,β-unsaturated/α-hetero) is 1. The van der Waals surface area contributed by atoms with Gasteiger partial charge in [0.25, 0.3) is 5.91 Å². The Morgan fingerprint density at radius 1 is 1.04 bits per heavy atom. The van der Waals surface area contributed by atoms with Gasteiger partial charge < -0.3 is 14.8 Å². The lowest BCUT2D eigenvalue weighted by molar-refractivity contribution is -0.150. The second-order valence-electron chi connectivity index (χ2n) is 6.06. The van der Waals surface area contributed by atoms with Gasteiger partial charge in [0.15, 0.2) is 19.0 Å². The van der Waals surface area contributed by atoms with Crippen LogP contribution in [0, 0.1) is 0 Å². The summed E-state index contributed by atoms with van der Waals surface area (Å²) in [7, 11) is 0. The molecule has 7 heteroatoms. The van der Waals surface area contributed by atoms with Gasteiger partial charge >= 0.3 is 5.97 Å². The number of carbonyl (C=O) groups is 3. The molecule has 0 heterocycles. The van der Waals surface area contributed by atoms with Gasteiger partial charge in [0, 0.05) is 17.0 Å². The highest BCUT2D eigenvalue weighted by atomic mass is 35.5. The first kappa shape index (κ1) is 21.4. The number of rotatable bonds is 9. The zero-order chi connectivity index (χ0) is 20.5. The van der Waals surface area contributed by atoms with Gasteiger partial charge in [-0.15, -0.1) is 0 Å². The number of hydrogen-bond donors (Lipinski definition) is 1. The Bertz CT molecular complexity index is 835. The Morgan fingerprint density at radius 2 is 1.71 bits per heavy atom. The summed E-state index contributed by atoms with van der Waals surface area (Å²) >= 11 is 6.09. The molecule has 0 aromatic heterocycles. The van der Waals surface area contributed by atoms with Crippen LogP contribution in [0.15, 0.2) is 48.5 Å². The van der Waals surface area contributed by atoms with E-state index in [0.717, 1.165) is 5.56 Å². The third-order valence-corrected chi connectivity index (χ3v) is 4.31. The van der Waals surface area contributed by atoms with Crippen LogP contribution >= 0.6 is 11.6 Å². The molecule has 28 heavy (non-hydrogen) atoms. The van der Waals surface area contributed by atoms with Crippen LogP contribution in [0.4, 0.5) is 0 Å². The number of amides is 1. The van der Waals surface area contributed by atoms with Crippen LogP contribution in [0.3, 0.4) is 0 Å². The van der Waals surface area contributed by atoms with Crippen molar-refractivity contribution in [2.45, 2.75) is 26.3 Å². The summed E-state index contributed by atoms with van der Waals surface area (Å²) in [6, 6.07) is 13.3. The first-order valence-electron chi connectivity index (χ1n) is 8.86. The molecule has 1 atom stereocenters. The highest BCUT2D eigenvalue weighted by molar-refractivity contribution is 6.31. The summed E-state index contributed by atoms with van der Waals surface area (Å²) in [6.07, 6.45) is 0.420. The second-order valence-corrected chi connectivity index (χ2v) is 6.47. The van der Waals surface area contributed by atoms with E-state index in [0.29, 0.717) is 22.8 Å². The zero-order valence-corrected chi connectivity index (χ0v) is 16.5. The fourth-order valence-electron chi connectivity index (χ4n) is 2.46. The third kappa shape index (κ3) is 6.39. The molecule has 0 saturated carbocycles. The van der Waals surface area contributed by atoms with E-state index >= 15 is 0 Å². The lowest BCUT2D eigenvalue weighted by atomic mass is 10.1. The fraction of sp³-hybridized carbons (Fsp3) is 0.286. The SMILES string of the molecule is CCC(=O)c1ccc(OCC(=O)OCC(=O)N[C@H](C)c2ccccc2Cl)cc1. The molecule has 1 amide bonds. The van der Waals surface area contributed by atoms with Gasteiger partial charge in [-0.05, 0) is 42.8 Å². The number of benzene rings is 2. The van der Waals surface area contributed by atoms with E-state index in [1.165, 1.54) is 0 Å². The van der Waals surface area contributed by atoms with Gasteiger partial charge in [-0.3, -0.25) is 9.59 Å². The van der Waals surface area contributed by atoms with Crippen molar-refractivity contribution in [2.24, 2.45) is 0 Å². The molecule has 0 saturated heterocycles. The summed E-state index contributed by atoms with van der Waals surface area (Å²) < 4.78 is 10.2. The van der Waals surface area contributed by atoms with Gasteiger partial charge in [-0.25, -0.2) is 4.79 Å². The van der Waals surface area contributed by atoms with Crippen LogP contribution < -0.4 is 10.1 Å². The Balaban J connectivity index is 1.74. The van der Waals surface area contributed by atoms with Crippen molar-refractivity contribution >= 4 is 29.3 Å². The summed E-state index contributed by atoms with van der Waals surface area (Å²) in [5.74, 6) is -0.651. The van der Waals surface area contributed by atoms with Gasteiger partial charge in [-0.2, -0.15) is 0 Å². The highest BCUT2D eigenvalue weighted by Crippen LogP contribution is 2.21. The van der Waals surface area contributed by atoms with Crippen LogP contribution in [0.1, 0.15) is 42.2 Å². The molecule has 0 spiro atoms. The van der Waals surface area contributed by atoms with Crippen LogP contribution in [-0.2, 0) is 14.3 Å². The van der Waals surface area contributed by atoms with Crippen LogP contribution in [0.2, 0.25) is 5.02 Å². The monoisotopic (exact) mass is 403 g/mol. The molecule has 2 rings (SSSR count). The van der Waals surface area contributed by atoms with Crippen LogP contribution in [0.25, 0.3) is 0 Å². The number of ketones is 1. The van der Waals surface area contributed by atoms with E-state index in [1.54, 1.807) is 50.2 Å². The van der Waals surface area contributed by atoms with E-state index in [2.05, 4.69) is 5.32 Å². The summed E-state index contributed by atoms with van der Waals surface area (Å²) in [4.78, 5) is 35.3. The molecule has 0 aliphatic carbocycles. The van der Waals surface area contributed by atoms with Crippen molar-refractivity contribution in [3.05, 3.63) is 64.7 Å². The number of halogens is 1. The predicted molar refractivity (Wildman–Crippen MR) is 106 cm³/mol. The zero-order valence-electron chi connectivity index (χ0n) is 15.7. The molecule has 6 nitrogen and oxygen atoms in total. The Hall–Kier alpha value is -2.86. The lowest BCUT2D eigenvalue weighted by Gasteiger charge is -2.15. The minimum absolute atomic E-state index is 0.0305. The van der Waals surface area contributed by atoms with Crippen molar-refractivity contribution in [3.63, 3.8) is 0 Å². The predicted octanol–water partition coefficient (Wildman–Crippen LogP) is 3.73. The molecule has 0 radical (unpaired) electrons. The standard InChI is InChI=1S/C21H22ClNO5/c1-3-19(24)15-8-10-16(11-9-15)27-13-21(26)28-12-20(25)23-14(2)17-6-4-5-7-18(17)22/h4-11,14H,3,12-13H2,1-2H3,(H,23,25)/t14-/m1/s1. The minimum Gasteiger partial charge on any atom is -0.482 e. The number of carbonyl (C=O) groups excluding carboxylic acids is 3. The minimum atomic E-state index is -0.672. The van der Waals surface area contributed by atoms with Crippen molar-refractivity contribution in [1.29, 1.82) is 0 Å². The molecule has 2 aromatic rings. The molecule has 148 valence electrons. The topological polar surface area (TPSA) is 81.7 Å². The largest absolute Gasteiger partial charge is 0.482 e. The van der Waals surface area contributed by atoms with E-state index in [1.807, 2.05) is 12.1 Å². The van der Waals surface area contributed by atoms with Gasteiger partial charge in [0.05, 0.1) is 6.04 Å². The third-order valence-electron chi connectivity index (χ3n) is 3.97. The highest BCUT2D eigenvalue weighted by Gasteiger charge is 2.14.